The number of carbonyl (C=O) groups is 1. The molecule has 114 valence electrons. The van der Waals surface area contributed by atoms with Crippen molar-refractivity contribution in [2.45, 2.75) is 0 Å². The van der Waals surface area contributed by atoms with Gasteiger partial charge in [-0.2, -0.15) is 5.10 Å². The van der Waals surface area contributed by atoms with Crippen LogP contribution in [0.2, 0.25) is 0 Å². The third kappa shape index (κ3) is 4.08. The molecule has 0 saturated carbocycles. The minimum Gasteiger partial charge on any atom is -0.506 e. The van der Waals surface area contributed by atoms with Crippen molar-refractivity contribution in [3.8, 4) is 11.5 Å². The third-order valence-corrected chi connectivity index (χ3v) is 3.82. The summed E-state index contributed by atoms with van der Waals surface area (Å²) in [6, 6.07) is 10.1. The van der Waals surface area contributed by atoms with Gasteiger partial charge in [0.2, 0.25) is 0 Å². The maximum atomic E-state index is 12.0. The number of hydrogen-bond donors (Lipinski definition) is 2. The van der Waals surface area contributed by atoms with Crippen molar-refractivity contribution in [1.29, 1.82) is 0 Å². The normalized spacial score (nSPS) is 10.7. The van der Waals surface area contributed by atoms with Crippen molar-refractivity contribution in [3.05, 3.63) is 56.5 Å². The highest BCUT2D eigenvalue weighted by Gasteiger charge is 2.07. The van der Waals surface area contributed by atoms with E-state index >= 15 is 0 Å². The Bertz CT molecular complexity index is 733. The standard InChI is InChI=1S/C15H12Br2N2O3/c1-22-12-4-2-3-9(6-12)15(21)19-18-8-10-5-11(16)7-13(17)14(10)20/h2-8,20H,1H3,(H,19,21)/b18-8-. The fraction of sp³-hybridized carbons (Fsp3) is 0.0667. The number of hydrazone groups is 1. The number of nitrogens with one attached hydrogen (secondary N) is 1. The van der Waals surface area contributed by atoms with Crippen LogP contribution in [0.25, 0.3) is 0 Å². The van der Waals surface area contributed by atoms with Gasteiger partial charge in [-0.15, -0.1) is 0 Å². The van der Waals surface area contributed by atoms with Gasteiger partial charge in [-0.25, -0.2) is 5.43 Å². The zero-order valence-electron chi connectivity index (χ0n) is 11.5. The molecule has 0 radical (unpaired) electrons. The molecule has 22 heavy (non-hydrogen) atoms. The first-order valence-electron chi connectivity index (χ1n) is 6.16. The quantitative estimate of drug-likeness (QED) is 0.577. The molecule has 0 aromatic heterocycles. The molecule has 0 aliphatic carbocycles. The monoisotopic (exact) mass is 426 g/mol. The number of methoxy groups -OCH3 is 1. The second-order valence-corrected chi connectivity index (χ2v) is 6.03. The Labute approximate surface area is 144 Å². The minimum absolute atomic E-state index is 0.0441. The topological polar surface area (TPSA) is 70.9 Å². The summed E-state index contributed by atoms with van der Waals surface area (Å²) in [5.41, 5.74) is 3.29. The minimum atomic E-state index is -0.372. The molecule has 2 aromatic rings. The predicted octanol–water partition coefficient (Wildman–Crippen LogP) is 3.69. The zero-order chi connectivity index (χ0) is 16.1. The van der Waals surface area contributed by atoms with E-state index in [4.69, 9.17) is 4.74 Å². The average molecular weight is 428 g/mol. The Balaban J connectivity index is 2.10. The van der Waals surface area contributed by atoms with Gasteiger partial charge in [0.25, 0.3) is 5.91 Å². The molecule has 2 aromatic carbocycles. The second kappa shape index (κ2) is 7.42. The smallest absolute Gasteiger partial charge is 0.271 e. The molecule has 0 fully saturated rings. The molecule has 0 unspecified atom stereocenters. The lowest BCUT2D eigenvalue weighted by atomic mass is 10.2. The molecule has 0 aliphatic heterocycles. The first-order valence-corrected chi connectivity index (χ1v) is 7.75. The Hall–Kier alpha value is -1.86. The number of phenols is 1. The molecular formula is C15H12Br2N2O3. The first-order chi connectivity index (χ1) is 10.5. The van der Waals surface area contributed by atoms with Crippen LogP contribution in [0.1, 0.15) is 15.9 Å². The van der Waals surface area contributed by atoms with Crippen LogP contribution in [-0.4, -0.2) is 24.3 Å². The number of nitrogens with zero attached hydrogens (tertiary/aromatic N) is 1. The van der Waals surface area contributed by atoms with E-state index in [1.54, 1.807) is 36.4 Å². The van der Waals surface area contributed by atoms with Crippen LogP contribution in [0.15, 0.2) is 50.4 Å². The number of hydrogen-bond acceptors (Lipinski definition) is 4. The van der Waals surface area contributed by atoms with Crippen LogP contribution in [0, 0.1) is 0 Å². The highest BCUT2D eigenvalue weighted by Crippen LogP contribution is 2.30. The summed E-state index contributed by atoms with van der Waals surface area (Å²) in [7, 11) is 1.53. The SMILES string of the molecule is COc1cccc(C(=O)N/N=C\c2cc(Br)cc(Br)c2O)c1. The number of amides is 1. The third-order valence-electron chi connectivity index (χ3n) is 2.76. The van der Waals surface area contributed by atoms with Crippen molar-refractivity contribution >= 4 is 44.0 Å². The summed E-state index contributed by atoms with van der Waals surface area (Å²) in [6.45, 7) is 0. The van der Waals surface area contributed by atoms with Gasteiger partial charge in [0, 0.05) is 15.6 Å². The Morgan fingerprint density at radius 3 is 2.82 bits per heavy atom. The van der Waals surface area contributed by atoms with Crippen molar-refractivity contribution in [1.82, 2.24) is 5.43 Å². The van der Waals surface area contributed by atoms with Gasteiger partial charge in [0.15, 0.2) is 0 Å². The lowest BCUT2D eigenvalue weighted by Crippen LogP contribution is -2.17. The fourth-order valence-corrected chi connectivity index (χ4v) is 2.93. The predicted molar refractivity (Wildman–Crippen MR) is 91.6 cm³/mol. The van der Waals surface area contributed by atoms with E-state index in [1.807, 2.05) is 0 Å². The maximum Gasteiger partial charge on any atom is 0.271 e. The molecule has 0 spiro atoms. The molecule has 0 bridgehead atoms. The van der Waals surface area contributed by atoms with Crippen LogP contribution in [0.5, 0.6) is 11.5 Å². The van der Waals surface area contributed by atoms with Crippen LogP contribution < -0.4 is 10.2 Å². The lowest BCUT2D eigenvalue weighted by molar-refractivity contribution is 0.0954. The van der Waals surface area contributed by atoms with E-state index in [-0.39, 0.29) is 11.7 Å². The van der Waals surface area contributed by atoms with E-state index in [0.717, 1.165) is 4.47 Å². The summed E-state index contributed by atoms with van der Waals surface area (Å²) >= 11 is 6.54. The summed E-state index contributed by atoms with van der Waals surface area (Å²) in [6.07, 6.45) is 1.36. The van der Waals surface area contributed by atoms with Gasteiger partial charge >= 0.3 is 0 Å². The van der Waals surface area contributed by atoms with Crippen molar-refractivity contribution < 1.29 is 14.6 Å². The first kappa shape index (κ1) is 16.5. The van der Waals surface area contributed by atoms with Gasteiger partial charge < -0.3 is 9.84 Å². The summed E-state index contributed by atoms with van der Waals surface area (Å²) in [5.74, 6) is 0.261. The van der Waals surface area contributed by atoms with Gasteiger partial charge in [-0.3, -0.25) is 4.79 Å². The van der Waals surface area contributed by atoms with Crippen LogP contribution in [-0.2, 0) is 0 Å². The molecular weight excluding hydrogens is 416 g/mol. The lowest BCUT2D eigenvalue weighted by Gasteiger charge is -2.04. The van der Waals surface area contributed by atoms with Gasteiger partial charge in [-0.05, 0) is 46.3 Å². The van der Waals surface area contributed by atoms with Crippen molar-refractivity contribution in [3.63, 3.8) is 0 Å². The number of aromatic hydroxyl groups is 1. The van der Waals surface area contributed by atoms with E-state index in [0.29, 0.717) is 21.3 Å². The zero-order valence-corrected chi connectivity index (χ0v) is 14.7. The van der Waals surface area contributed by atoms with Crippen LogP contribution >= 0.6 is 31.9 Å². The molecule has 1 amide bonds. The van der Waals surface area contributed by atoms with Gasteiger partial charge in [-0.1, -0.05) is 22.0 Å². The van der Waals surface area contributed by atoms with Crippen molar-refractivity contribution in [2.75, 3.05) is 7.11 Å². The summed E-state index contributed by atoms with van der Waals surface area (Å²) < 4.78 is 6.36. The van der Waals surface area contributed by atoms with Gasteiger partial charge in [0.1, 0.15) is 11.5 Å². The molecule has 5 nitrogen and oxygen atoms in total. The summed E-state index contributed by atoms with van der Waals surface area (Å²) in [5, 5.41) is 13.7. The maximum absolute atomic E-state index is 12.0. The number of phenolic OH excluding ortho intramolecular Hbond substituents is 1. The Kier molecular flexibility index (Phi) is 5.57. The van der Waals surface area contributed by atoms with Gasteiger partial charge in [0.05, 0.1) is 17.8 Å². The van der Waals surface area contributed by atoms with E-state index in [2.05, 4.69) is 42.4 Å². The molecule has 7 heteroatoms. The Morgan fingerprint density at radius 2 is 2.09 bits per heavy atom. The van der Waals surface area contributed by atoms with Crippen LogP contribution in [0.3, 0.4) is 0 Å². The average Bonchev–Trinajstić information content (AvgIpc) is 2.51. The number of rotatable bonds is 4. The highest BCUT2D eigenvalue weighted by molar-refractivity contribution is 9.11. The fourth-order valence-electron chi connectivity index (χ4n) is 1.67. The number of carbonyl (C=O) groups excluding carboxylic acids is 1. The van der Waals surface area contributed by atoms with E-state index in [1.165, 1.54) is 13.3 Å². The molecule has 0 aliphatic rings. The second-order valence-electron chi connectivity index (χ2n) is 4.26. The number of halogens is 2. The van der Waals surface area contributed by atoms with E-state index < -0.39 is 0 Å². The molecule has 0 atom stereocenters. The molecule has 0 saturated heterocycles. The number of ether oxygens (including phenoxy) is 1. The molecule has 0 heterocycles. The molecule has 2 N–H and O–H groups in total. The Morgan fingerprint density at radius 1 is 1.32 bits per heavy atom. The van der Waals surface area contributed by atoms with Crippen LogP contribution in [0.4, 0.5) is 0 Å². The number of benzene rings is 2. The van der Waals surface area contributed by atoms with Crippen molar-refractivity contribution in [2.24, 2.45) is 5.10 Å². The summed E-state index contributed by atoms with van der Waals surface area (Å²) in [4.78, 5) is 12.0. The highest BCUT2D eigenvalue weighted by atomic mass is 79.9. The van der Waals surface area contributed by atoms with E-state index in [9.17, 15) is 9.90 Å². The molecule has 2 rings (SSSR count). The largest absolute Gasteiger partial charge is 0.506 e.